The first-order valence-corrected chi connectivity index (χ1v) is 9.02. The Hall–Kier alpha value is -0.920. The lowest BCUT2D eigenvalue weighted by molar-refractivity contribution is 0.286. The van der Waals surface area contributed by atoms with Crippen LogP contribution in [0.1, 0.15) is 20.3 Å². The van der Waals surface area contributed by atoms with Crippen molar-refractivity contribution in [3.8, 4) is 0 Å². The van der Waals surface area contributed by atoms with Crippen LogP contribution in [-0.4, -0.2) is 42.9 Å². The molecule has 1 aromatic carbocycles. The van der Waals surface area contributed by atoms with Crippen LogP contribution in [0.5, 0.6) is 0 Å². The van der Waals surface area contributed by atoms with Crippen LogP contribution in [0.4, 0.5) is 0 Å². The van der Waals surface area contributed by atoms with Crippen LogP contribution < -0.4 is 5.32 Å². The van der Waals surface area contributed by atoms with E-state index >= 15 is 0 Å². The molecule has 1 saturated heterocycles. The van der Waals surface area contributed by atoms with Crippen LogP contribution >= 0.6 is 24.8 Å². The molecule has 0 saturated carbocycles. The summed E-state index contributed by atoms with van der Waals surface area (Å²) in [6.07, 6.45) is 4.24. The third-order valence-electron chi connectivity index (χ3n) is 4.23. The van der Waals surface area contributed by atoms with Gasteiger partial charge in [-0.25, -0.2) is 8.42 Å². The molecule has 134 valence electrons. The number of sulfonamides is 1. The molecule has 2 aromatic rings. The number of aromatic nitrogens is 1. The van der Waals surface area contributed by atoms with E-state index in [4.69, 9.17) is 0 Å². The number of pyridine rings is 1. The van der Waals surface area contributed by atoms with Crippen LogP contribution in [0.3, 0.4) is 0 Å². The lowest BCUT2D eigenvalue weighted by Crippen LogP contribution is -2.45. The predicted molar refractivity (Wildman–Crippen MR) is 102 cm³/mol. The number of rotatable bonds is 2. The third-order valence-corrected chi connectivity index (χ3v) is 6.36. The fourth-order valence-corrected chi connectivity index (χ4v) is 4.98. The maximum absolute atomic E-state index is 13.1. The van der Waals surface area contributed by atoms with Gasteiger partial charge in [-0.3, -0.25) is 4.98 Å². The normalized spacial score (nSPS) is 22.2. The Morgan fingerprint density at radius 2 is 1.88 bits per heavy atom. The minimum atomic E-state index is -3.50. The Labute approximate surface area is 155 Å². The largest absolute Gasteiger partial charge is 0.315 e. The first kappa shape index (κ1) is 21.1. The number of halogens is 2. The number of benzene rings is 1. The molecule has 3 rings (SSSR count). The summed E-state index contributed by atoms with van der Waals surface area (Å²) in [6, 6.07) is 7.01. The smallest absolute Gasteiger partial charge is 0.243 e. The van der Waals surface area contributed by atoms with Crippen molar-refractivity contribution in [3.05, 3.63) is 36.7 Å². The summed E-state index contributed by atoms with van der Waals surface area (Å²) in [7, 11) is -3.50. The Kier molecular flexibility index (Phi) is 7.44. The molecule has 1 aliphatic heterocycles. The van der Waals surface area contributed by atoms with Gasteiger partial charge in [-0.1, -0.05) is 6.07 Å². The summed E-state index contributed by atoms with van der Waals surface area (Å²) in [6.45, 7) is 5.46. The molecule has 1 fully saturated rings. The second-order valence-electron chi connectivity index (χ2n) is 5.91. The summed E-state index contributed by atoms with van der Waals surface area (Å²) < 4.78 is 27.8. The van der Waals surface area contributed by atoms with E-state index in [-0.39, 0.29) is 36.9 Å². The Balaban J connectivity index is 0.00000144. The van der Waals surface area contributed by atoms with Gasteiger partial charge in [0.05, 0.1) is 4.90 Å². The van der Waals surface area contributed by atoms with Crippen LogP contribution in [0.2, 0.25) is 0 Å². The first-order valence-electron chi connectivity index (χ1n) is 7.58. The van der Waals surface area contributed by atoms with Gasteiger partial charge < -0.3 is 5.32 Å². The highest BCUT2D eigenvalue weighted by Crippen LogP contribution is 2.26. The van der Waals surface area contributed by atoms with Gasteiger partial charge in [0.15, 0.2) is 0 Å². The second kappa shape index (κ2) is 8.45. The number of nitrogens with zero attached hydrogens (tertiary/aromatic N) is 2. The van der Waals surface area contributed by atoms with Crippen LogP contribution in [0.25, 0.3) is 10.8 Å². The highest BCUT2D eigenvalue weighted by Gasteiger charge is 2.34. The molecule has 5 nitrogen and oxygen atoms in total. The molecule has 2 heterocycles. The maximum atomic E-state index is 13.1. The number of hydrogen-bond acceptors (Lipinski definition) is 4. The van der Waals surface area contributed by atoms with Crippen LogP contribution in [-0.2, 0) is 10.0 Å². The average Bonchev–Trinajstić information content (AvgIpc) is 2.67. The van der Waals surface area contributed by atoms with Gasteiger partial charge in [-0.05, 0) is 50.4 Å². The van der Waals surface area contributed by atoms with Crippen molar-refractivity contribution in [1.82, 2.24) is 14.6 Å². The fraction of sp³-hybridized carbons (Fsp3) is 0.438. The number of fused-ring (bicyclic) bond motifs is 1. The molecule has 1 N–H and O–H groups in total. The van der Waals surface area contributed by atoms with E-state index in [0.29, 0.717) is 11.4 Å². The number of hydrogen-bond donors (Lipinski definition) is 1. The molecule has 0 unspecified atom stereocenters. The molecule has 8 heteroatoms. The van der Waals surface area contributed by atoms with E-state index in [1.807, 2.05) is 26.0 Å². The van der Waals surface area contributed by atoms with Crippen molar-refractivity contribution in [2.75, 3.05) is 13.1 Å². The highest BCUT2D eigenvalue weighted by molar-refractivity contribution is 7.89. The van der Waals surface area contributed by atoms with Gasteiger partial charge in [0, 0.05) is 36.4 Å². The zero-order valence-electron chi connectivity index (χ0n) is 13.7. The van der Waals surface area contributed by atoms with Gasteiger partial charge >= 0.3 is 0 Å². The monoisotopic (exact) mass is 391 g/mol. The van der Waals surface area contributed by atoms with Crippen molar-refractivity contribution in [1.29, 1.82) is 0 Å². The molecule has 24 heavy (non-hydrogen) atoms. The van der Waals surface area contributed by atoms with Crippen LogP contribution in [0.15, 0.2) is 41.6 Å². The summed E-state index contributed by atoms with van der Waals surface area (Å²) in [5.74, 6) is 0. The van der Waals surface area contributed by atoms with E-state index in [1.165, 1.54) is 0 Å². The summed E-state index contributed by atoms with van der Waals surface area (Å²) >= 11 is 0. The fourth-order valence-electron chi connectivity index (χ4n) is 3.09. The summed E-state index contributed by atoms with van der Waals surface area (Å²) in [5.41, 5.74) is 0. The van der Waals surface area contributed by atoms with Crippen molar-refractivity contribution >= 4 is 45.6 Å². The van der Waals surface area contributed by atoms with Gasteiger partial charge in [0.25, 0.3) is 0 Å². The van der Waals surface area contributed by atoms with E-state index in [2.05, 4.69) is 10.3 Å². The van der Waals surface area contributed by atoms with E-state index in [1.54, 1.807) is 28.8 Å². The van der Waals surface area contributed by atoms with E-state index < -0.39 is 10.0 Å². The highest BCUT2D eigenvalue weighted by atomic mass is 35.5. The topological polar surface area (TPSA) is 62.3 Å². The predicted octanol–water partition coefficient (Wildman–Crippen LogP) is 2.84. The first-order chi connectivity index (χ1) is 10.5. The van der Waals surface area contributed by atoms with Gasteiger partial charge in [-0.15, -0.1) is 24.8 Å². The molecule has 0 aliphatic carbocycles. The Morgan fingerprint density at radius 1 is 1.12 bits per heavy atom. The summed E-state index contributed by atoms with van der Waals surface area (Å²) in [4.78, 5) is 4.42. The zero-order valence-corrected chi connectivity index (χ0v) is 16.1. The molecule has 2 atom stereocenters. The Bertz CT molecular complexity index is 774. The Morgan fingerprint density at radius 3 is 2.62 bits per heavy atom. The van der Waals surface area contributed by atoms with E-state index in [0.717, 1.165) is 23.7 Å². The minimum Gasteiger partial charge on any atom is -0.315 e. The van der Waals surface area contributed by atoms with Crippen molar-refractivity contribution in [2.45, 2.75) is 37.2 Å². The van der Waals surface area contributed by atoms with Crippen LogP contribution in [0, 0.1) is 0 Å². The van der Waals surface area contributed by atoms with Crippen molar-refractivity contribution < 1.29 is 8.42 Å². The molecular weight excluding hydrogens is 369 g/mol. The van der Waals surface area contributed by atoms with Gasteiger partial charge in [0.1, 0.15) is 0 Å². The van der Waals surface area contributed by atoms with Gasteiger partial charge in [-0.2, -0.15) is 4.31 Å². The molecule has 1 aliphatic rings. The lowest BCUT2D eigenvalue weighted by Gasteiger charge is -2.31. The van der Waals surface area contributed by atoms with Crippen molar-refractivity contribution in [3.63, 3.8) is 0 Å². The molecule has 0 radical (unpaired) electrons. The van der Waals surface area contributed by atoms with Gasteiger partial charge in [0.2, 0.25) is 10.0 Å². The third kappa shape index (κ3) is 4.00. The molecule has 0 amide bonds. The number of nitrogens with one attached hydrogen (secondary N) is 1. The van der Waals surface area contributed by atoms with Crippen molar-refractivity contribution in [2.24, 2.45) is 0 Å². The maximum Gasteiger partial charge on any atom is 0.243 e. The molecule has 0 spiro atoms. The van der Waals surface area contributed by atoms with E-state index in [9.17, 15) is 8.42 Å². The zero-order chi connectivity index (χ0) is 15.7. The minimum absolute atomic E-state index is 0. The lowest BCUT2D eigenvalue weighted by atomic mass is 10.2. The quantitative estimate of drug-likeness (QED) is 0.854. The molecular formula is C16H23Cl2N3O2S. The molecule has 1 aromatic heterocycles. The average molecular weight is 392 g/mol. The second-order valence-corrected chi connectivity index (χ2v) is 7.75. The molecule has 0 bridgehead atoms. The summed E-state index contributed by atoms with van der Waals surface area (Å²) in [5, 5.41) is 5.13. The SMILES string of the molecule is C[C@@H]1CCNC[C@@H](C)N1S(=O)(=O)c1ccc2cnccc2c1.Cl.Cl. The standard InChI is InChI=1S/C16H21N3O2S.2ClH/c1-12-5-7-17-10-13(2)19(12)22(20,21)16-4-3-15-11-18-8-6-14(15)9-16;;/h3-4,6,8-9,11-13,17H,5,7,10H2,1-2H3;2*1H/t12-,13-;;/m1../s1.